The third-order valence-electron chi connectivity index (χ3n) is 6.59. The lowest BCUT2D eigenvalue weighted by Gasteiger charge is -2.24. The Bertz CT molecular complexity index is 1340. The molecule has 0 aliphatic heterocycles. The number of ether oxygens (including phenoxy) is 1. The van der Waals surface area contributed by atoms with E-state index in [0.29, 0.717) is 17.7 Å². The zero-order valence-corrected chi connectivity index (χ0v) is 23.1. The molecule has 0 unspecified atom stereocenters. The number of carbonyl (C=O) groups is 1. The molecule has 1 aliphatic rings. The van der Waals surface area contributed by atoms with Crippen molar-refractivity contribution in [3.8, 4) is 11.8 Å². The van der Waals surface area contributed by atoms with E-state index >= 15 is 0 Å². The van der Waals surface area contributed by atoms with Crippen LogP contribution in [0.4, 0.5) is 13.2 Å². The third-order valence-corrected chi connectivity index (χ3v) is 8.40. The molecule has 1 aromatic heterocycles. The fraction of sp³-hybridized carbons (Fsp3) is 0.556. The van der Waals surface area contributed by atoms with Crippen LogP contribution in [0.2, 0.25) is 0 Å². The lowest BCUT2D eigenvalue weighted by atomic mass is 9.85. The Morgan fingerprint density at radius 2 is 1.82 bits per heavy atom. The van der Waals surface area contributed by atoms with Crippen LogP contribution in [0.25, 0.3) is 5.69 Å². The van der Waals surface area contributed by atoms with Gasteiger partial charge in [-0.1, -0.05) is 32.1 Å². The Kier molecular flexibility index (Phi) is 8.68. The van der Waals surface area contributed by atoms with Crippen LogP contribution in [-0.2, 0) is 27.4 Å². The Labute approximate surface area is 222 Å². The summed E-state index contributed by atoms with van der Waals surface area (Å²) < 4.78 is 77.3. The van der Waals surface area contributed by atoms with Crippen LogP contribution in [0.3, 0.4) is 0 Å². The summed E-state index contributed by atoms with van der Waals surface area (Å²) in [6.07, 6.45) is 0.516. The maximum absolute atomic E-state index is 14.2. The molecular weight excluding hydrogens is 519 g/mol. The standard InChI is InChI=1S/C27H34F3N3O4S/c1-6-37-25(34)24-17(2)21(14-18-10-8-7-9-11-18)33(22(24)16-31)19-12-13-23(20(15-19)27(28,29)30)38(35,36)32-26(3,4)5/h12-13,15,18,32H,6-11,14H2,1-5H3. The summed E-state index contributed by atoms with van der Waals surface area (Å²) in [7, 11) is -4.52. The molecule has 2 aromatic rings. The molecule has 38 heavy (non-hydrogen) atoms. The maximum Gasteiger partial charge on any atom is 0.417 e. The monoisotopic (exact) mass is 553 g/mol. The number of aromatic nitrogens is 1. The topological polar surface area (TPSA) is 101 Å². The molecule has 1 aromatic carbocycles. The lowest BCUT2D eigenvalue weighted by molar-refractivity contribution is -0.139. The van der Waals surface area contributed by atoms with Crippen molar-refractivity contribution in [2.75, 3.05) is 6.61 Å². The predicted molar refractivity (Wildman–Crippen MR) is 137 cm³/mol. The highest BCUT2D eigenvalue weighted by atomic mass is 32.2. The van der Waals surface area contributed by atoms with Gasteiger partial charge in [-0.2, -0.15) is 18.4 Å². The number of nitriles is 1. The average molecular weight is 554 g/mol. The second-order valence-corrected chi connectivity index (χ2v) is 12.4. The lowest BCUT2D eigenvalue weighted by Crippen LogP contribution is -2.41. The van der Waals surface area contributed by atoms with Crippen LogP contribution >= 0.6 is 0 Å². The molecule has 1 aliphatic carbocycles. The van der Waals surface area contributed by atoms with Crippen molar-refractivity contribution in [3.05, 3.63) is 46.3 Å². The van der Waals surface area contributed by atoms with Gasteiger partial charge < -0.3 is 9.30 Å². The van der Waals surface area contributed by atoms with Gasteiger partial charge in [0.05, 0.1) is 22.6 Å². The van der Waals surface area contributed by atoms with Crippen LogP contribution < -0.4 is 4.72 Å². The second kappa shape index (κ2) is 11.1. The van der Waals surface area contributed by atoms with E-state index in [1.165, 1.54) is 31.4 Å². The van der Waals surface area contributed by atoms with Crippen molar-refractivity contribution < 1.29 is 31.1 Å². The molecule has 0 amide bonds. The van der Waals surface area contributed by atoms with Gasteiger partial charge in [-0.3, -0.25) is 0 Å². The number of hydrogen-bond acceptors (Lipinski definition) is 5. The molecule has 0 saturated heterocycles. The number of alkyl halides is 3. The van der Waals surface area contributed by atoms with Crippen LogP contribution in [0.5, 0.6) is 0 Å². The number of rotatable bonds is 7. The Morgan fingerprint density at radius 3 is 2.34 bits per heavy atom. The number of hydrogen-bond donors (Lipinski definition) is 1. The predicted octanol–water partition coefficient (Wildman–Crippen LogP) is 6.05. The molecule has 7 nitrogen and oxygen atoms in total. The molecule has 1 N–H and O–H groups in total. The first kappa shape index (κ1) is 29.7. The highest BCUT2D eigenvalue weighted by Gasteiger charge is 2.39. The van der Waals surface area contributed by atoms with E-state index in [2.05, 4.69) is 4.72 Å². The van der Waals surface area contributed by atoms with Gasteiger partial charge >= 0.3 is 12.1 Å². The summed E-state index contributed by atoms with van der Waals surface area (Å²) in [5.41, 5.74) is -1.51. The van der Waals surface area contributed by atoms with E-state index in [1.807, 2.05) is 6.07 Å². The number of esters is 1. The van der Waals surface area contributed by atoms with Crippen LogP contribution in [-0.4, -0.2) is 31.1 Å². The van der Waals surface area contributed by atoms with E-state index < -0.39 is 38.2 Å². The van der Waals surface area contributed by atoms with Crippen molar-refractivity contribution in [2.45, 2.75) is 89.8 Å². The molecule has 0 radical (unpaired) electrons. The Hall–Kier alpha value is -2.84. The number of carbonyl (C=O) groups excluding carboxylic acids is 1. The van der Waals surface area contributed by atoms with Gasteiger partial charge in [-0.15, -0.1) is 0 Å². The normalized spacial score (nSPS) is 15.3. The number of sulfonamides is 1. The minimum atomic E-state index is -5.00. The SMILES string of the molecule is CCOC(=O)c1c(C)c(CC2CCCCC2)n(-c2ccc(S(=O)(=O)NC(C)(C)C)c(C(F)(F)F)c2)c1C#N. The molecule has 11 heteroatoms. The van der Waals surface area contributed by atoms with Gasteiger partial charge in [-0.25, -0.2) is 17.9 Å². The van der Waals surface area contributed by atoms with Gasteiger partial charge in [0.2, 0.25) is 10.0 Å². The summed E-state index contributed by atoms with van der Waals surface area (Å²) in [6, 6.07) is 4.86. The number of nitrogens with zero attached hydrogens (tertiary/aromatic N) is 2. The Morgan fingerprint density at radius 1 is 1.18 bits per heavy atom. The molecule has 0 atom stereocenters. The molecule has 208 valence electrons. The van der Waals surface area contributed by atoms with Gasteiger partial charge in [0.25, 0.3) is 0 Å². The molecule has 3 rings (SSSR count). The van der Waals surface area contributed by atoms with Crippen molar-refractivity contribution in [2.24, 2.45) is 5.92 Å². The third kappa shape index (κ3) is 6.41. The van der Waals surface area contributed by atoms with Gasteiger partial charge in [-0.05, 0) is 70.7 Å². The summed E-state index contributed by atoms with van der Waals surface area (Å²) in [5.74, 6) is -0.481. The van der Waals surface area contributed by atoms with Crippen LogP contribution in [0.1, 0.15) is 92.7 Å². The zero-order valence-electron chi connectivity index (χ0n) is 22.3. The molecule has 0 bridgehead atoms. The number of halogens is 3. The first-order valence-corrected chi connectivity index (χ1v) is 14.2. The quantitative estimate of drug-likeness (QED) is 0.421. The van der Waals surface area contributed by atoms with Gasteiger partial charge in [0, 0.05) is 16.9 Å². The van der Waals surface area contributed by atoms with E-state index in [9.17, 15) is 31.6 Å². The molecule has 1 heterocycles. The summed E-state index contributed by atoms with van der Waals surface area (Å²) >= 11 is 0. The molecule has 1 saturated carbocycles. The van der Waals surface area contributed by atoms with E-state index in [1.54, 1.807) is 13.8 Å². The van der Waals surface area contributed by atoms with Crippen LogP contribution in [0, 0.1) is 24.2 Å². The molecule has 1 fully saturated rings. The maximum atomic E-state index is 14.2. The summed E-state index contributed by atoms with van der Waals surface area (Å²) in [6.45, 7) is 7.95. The van der Waals surface area contributed by atoms with E-state index in [0.717, 1.165) is 44.2 Å². The van der Waals surface area contributed by atoms with Crippen molar-refractivity contribution in [3.63, 3.8) is 0 Å². The largest absolute Gasteiger partial charge is 0.462 e. The van der Waals surface area contributed by atoms with E-state index in [-0.39, 0.29) is 29.5 Å². The number of nitrogens with one attached hydrogen (secondary N) is 1. The van der Waals surface area contributed by atoms with Crippen molar-refractivity contribution in [1.29, 1.82) is 5.26 Å². The summed E-state index contributed by atoms with van der Waals surface area (Å²) in [4.78, 5) is 11.9. The van der Waals surface area contributed by atoms with Crippen LogP contribution in [0.15, 0.2) is 23.1 Å². The summed E-state index contributed by atoms with van der Waals surface area (Å²) in [5, 5.41) is 10.1. The van der Waals surface area contributed by atoms with Crippen molar-refractivity contribution in [1.82, 2.24) is 9.29 Å². The first-order chi connectivity index (χ1) is 17.6. The second-order valence-electron chi connectivity index (χ2n) is 10.7. The number of benzene rings is 1. The minimum Gasteiger partial charge on any atom is -0.462 e. The minimum absolute atomic E-state index is 0.0137. The zero-order chi connectivity index (χ0) is 28.5. The highest BCUT2D eigenvalue weighted by Crippen LogP contribution is 2.38. The molecular formula is C27H34F3N3O4S. The van der Waals surface area contributed by atoms with Gasteiger partial charge in [0.15, 0.2) is 0 Å². The highest BCUT2D eigenvalue weighted by molar-refractivity contribution is 7.89. The fourth-order valence-electron chi connectivity index (χ4n) is 5.06. The first-order valence-electron chi connectivity index (χ1n) is 12.7. The van der Waals surface area contributed by atoms with E-state index in [4.69, 9.17) is 4.74 Å². The average Bonchev–Trinajstić information content (AvgIpc) is 3.08. The Balaban J connectivity index is 2.29. The fourth-order valence-corrected chi connectivity index (χ4v) is 6.69. The van der Waals surface area contributed by atoms with Gasteiger partial charge in [0.1, 0.15) is 11.8 Å². The van der Waals surface area contributed by atoms with Crippen molar-refractivity contribution >= 4 is 16.0 Å². The molecule has 0 spiro atoms. The smallest absolute Gasteiger partial charge is 0.417 e.